The molecule has 0 radical (unpaired) electrons. The fraction of sp³-hybridized carbons (Fsp3) is 0.750. The molecule has 1 aromatic rings. The van der Waals surface area contributed by atoms with Crippen molar-refractivity contribution in [1.29, 1.82) is 0 Å². The Kier molecular flexibility index (Phi) is 5.38. The van der Waals surface area contributed by atoms with E-state index >= 15 is 0 Å². The van der Waals surface area contributed by atoms with Crippen LogP contribution in [0.15, 0.2) is 12.3 Å². The Morgan fingerprint density at radius 1 is 1.23 bits per heavy atom. The van der Waals surface area contributed by atoms with Crippen LogP contribution in [0.25, 0.3) is 0 Å². The van der Waals surface area contributed by atoms with Crippen molar-refractivity contribution in [3.05, 3.63) is 18.1 Å². The molecule has 3 aliphatic rings. The predicted molar refractivity (Wildman–Crippen MR) is 102 cm³/mol. The second-order valence-corrected chi connectivity index (χ2v) is 8.30. The highest BCUT2D eigenvalue weighted by molar-refractivity contribution is 5.76. The Morgan fingerprint density at radius 3 is 2.77 bits per heavy atom. The number of nitrogens with one attached hydrogen (secondary N) is 2. The molecule has 2 saturated carbocycles. The molecule has 1 aromatic heterocycles. The lowest BCUT2D eigenvalue weighted by Crippen LogP contribution is -2.35. The predicted octanol–water partition coefficient (Wildman–Crippen LogP) is 2.36. The van der Waals surface area contributed by atoms with Crippen LogP contribution in [-0.2, 0) is 4.79 Å². The third kappa shape index (κ3) is 4.53. The number of carbonyl (C=O) groups excluding carboxylic acids is 1. The average Bonchev–Trinajstić information content (AvgIpc) is 3.18. The molecule has 1 saturated heterocycles. The van der Waals surface area contributed by atoms with Crippen molar-refractivity contribution in [2.45, 2.75) is 64.0 Å². The molecule has 6 heteroatoms. The minimum absolute atomic E-state index is 0.225. The first kappa shape index (κ1) is 17.7. The van der Waals surface area contributed by atoms with Gasteiger partial charge in [-0.3, -0.25) is 4.79 Å². The third-order valence-electron chi connectivity index (χ3n) is 6.15. The number of nitrogens with zero attached hydrogens (tertiary/aromatic N) is 3. The van der Waals surface area contributed by atoms with E-state index in [2.05, 4.69) is 25.5 Å². The summed E-state index contributed by atoms with van der Waals surface area (Å²) in [5, 5.41) is 6.84. The Balaban J connectivity index is 1.28. The van der Waals surface area contributed by atoms with Crippen LogP contribution in [0.1, 0.15) is 50.8 Å². The number of hydrogen-bond donors (Lipinski definition) is 2. The molecular formula is C20H31N5O. The topological polar surface area (TPSA) is 70.2 Å². The van der Waals surface area contributed by atoms with Gasteiger partial charge in [0.15, 0.2) is 0 Å². The van der Waals surface area contributed by atoms with E-state index in [0.29, 0.717) is 24.4 Å². The molecule has 26 heavy (non-hydrogen) atoms. The van der Waals surface area contributed by atoms with Crippen LogP contribution in [0.3, 0.4) is 0 Å². The van der Waals surface area contributed by atoms with Crippen molar-refractivity contribution in [3.63, 3.8) is 0 Å². The average molecular weight is 358 g/mol. The maximum absolute atomic E-state index is 12.2. The molecule has 2 atom stereocenters. The lowest BCUT2D eigenvalue weighted by atomic mass is 9.98. The zero-order valence-electron chi connectivity index (χ0n) is 15.8. The van der Waals surface area contributed by atoms with Gasteiger partial charge in [0.25, 0.3) is 0 Å². The van der Waals surface area contributed by atoms with Crippen molar-refractivity contribution in [3.8, 4) is 0 Å². The molecule has 1 aliphatic heterocycles. The van der Waals surface area contributed by atoms with Crippen molar-refractivity contribution in [2.75, 3.05) is 25.0 Å². The maximum atomic E-state index is 12.2. The number of aryl methyl sites for hydroxylation is 1. The van der Waals surface area contributed by atoms with Crippen molar-refractivity contribution >= 4 is 11.7 Å². The van der Waals surface area contributed by atoms with Crippen molar-refractivity contribution in [1.82, 2.24) is 20.2 Å². The van der Waals surface area contributed by atoms with Gasteiger partial charge in [0.2, 0.25) is 5.91 Å². The molecule has 2 N–H and O–H groups in total. The summed E-state index contributed by atoms with van der Waals surface area (Å²) < 4.78 is 0. The fourth-order valence-electron chi connectivity index (χ4n) is 4.61. The first-order chi connectivity index (χ1) is 12.7. The molecule has 0 bridgehead atoms. The standard InChI is InChI=1S/C20H31N5O/c1-14-21-10-8-19(22-14)24-18-13-25(12-17(18)15-6-7-15)11-9-20(26)23-16-4-2-3-5-16/h8,10,15-18H,2-7,9,11-13H2,1H3,(H,23,26)(H,21,22,24)/t17-,18+/m1/s1. The number of likely N-dealkylation sites (tertiary alicyclic amines) is 1. The molecule has 2 aliphatic carbocycles. The van der Waals surface area contributed by atoms with Crippen LogP contribution in [0.2, 0.25) is 0 Å². The highest BCUT2D eigenvalue weighted by Crippen LogP contribution is 2.42. The number of rotatable bonds is 7. The number of amides is 1. The molecule has 0 spiro atoms. The highest BCUT2D eigenvalue weighted by atomic mass is 16.1. The van der Waals surface area contributed by atoms with Gasteiger partial charge in [0, 0.05) is 44.3 Å². The van der Waals surface area contributed by atoms with Gasteiger partial charge < -0.3 is 15.5 Å². The summed E-state index contributed by atoms with van der Waals surface area (Å²) in [7, 11) is 0. The van der Waals surface area contributed by atoms with Gasteiger partial charge in [0.05, 0.1) is 0 Å². The van der Waals surface area contributed by atoms with Crippen LogP contribution in [-0.4, -0.2) is 52.5 Å². The SMILES string of the molecule is Cc1nccc(N[C@H]2CN(CCC(=O)NC3CCCC3)C[C@@H]2C2CC2)n1. The van der Waals surface area contributed by atoms with Crippen LogP contribution >= 0.6 is 0 Å². The van der Waals surface area contributed by atoms with E-state index in [-0.39, 0.29) is 5.91 Å². The molecule has 1 amide bonds. The lowest BCUT2D eigenvalue weighted by Gasteiger charge is -2.20. The largest absolute Gasteiger partial charge is 0.366 e. The quantitative estimate of drug-likeness (QED) is 0.784. The van der Waals surface area contributed by atoms with Gasteiger partial charge in [-0.05, 0) is 50.5 Å². The van der Waals surface area contributed by atoms with Gasteiger partial charge in [-0.25, -0.2) is 9.97 Å². The van der Waals surface area contributed by atoms with Gasteiger partial charge in [-0.1, -0.05) is 12.8 Å². The fourth-order valence-corrected chi connectivity index (χ4v) is 4.61. The van der Waals surface area contributed by atoms with Crippen LogP contribution < -0.4 is 10.6 Å². The zero-order chi connectivity index (χ0) is 17.9. The molecule has 2 heterocycles. The summed E-state index contributed by atoms with van der Waals surface area (Å²) >= 11 is 0. The highest BCUT2D eigenvalue weighted by Gasteiger charge is 2.42. The van der Waals surface area contributed by atoms with Gasteiger partial charge in [-0.2, -0.15) is 0 Å². The van der Waals surface area contributed by atoms with E-state index in [1.54, 1.807) is 0 Å². The maximum Gasteiger partial charge on any atom is 0.221 e. The molecule has 142 valence electrons. The molecule has 0 unspecified atom stereocenters. The molecule has 0 aromatic carbocycles. The molecule has 4 rings (SSSR count). The molecular weight excluding hydrogens is 326 g/mol. The number of hydrogen-bond acceptors (Lipinski definition) is 5. The summed E-state index contributed by atoms with van der Waals surface area (Å²) in [4.78, 5) is 23.4. The Labute approximate surface area is 156 Å². The number of carbonyl (C=O) groups is 1. The third-order valence-corrected chi connectivity index (χ3v) is 6.15. The van der Waals surface area contributed by atoms with Gasteiger partial charge in [-0.15, -0.1) is 0 Å². The Hall–Kier alpha value is -1.69. The summed E-state index contributed by atoms with van der Waals surface area (Å²) in [6.07, 6.45) is 9.96. The van der Waals surface area contributed by atoms with Crippen LogP contribution in [0.4, 0.5) is 5.82 Å². The van der Waals surface area contributed by atoms with Crippen molar-refractivity contribution < 1.29 is 4.79 Å². The van der Waals surface area contributed by atoms with E-state index in [1.807, 2.05) is 19.2 Å². The van der Waals surface area contributed by atoms with Crippen molar-refractivity contribution in [2.24, 2.45) is 11.8 Å². The summed E-state index contributed by atoms with van der Waals surface area (Å²) in [6.45, 7) is 4.89. The van der Waals surface area contributed by atoms with E-state index in [4.69, 9.17) is 0 Å². The zero-order valence-corrected chi connectivity index (χ0v) is 15.8. The van der Waals surface area contributed by atoms with E-state index in [0.717, 1.165) is 50.0 Å². The van der Waals surface area contributed by atoms with Crippen LogP contribution in [0.5, 0.6) is 0 Å². The number of aromatic nitrogens is 2. The monoisotopic (exact) mass is 357 g/mol. The van der Waals surface area contributed by atoms with Gasteiger partial charge >= 0.3 is 0 Å². The Bertz CT molecular complexity index is 626. The van der Waals surface area contributed by atoms with Crippen LogP contribution in [0, 0.1) is 18.8 Å². The number of anilines is 1. The van der Waals surface area contributed by atoms with E-state index < -0.39 is 0 Å². The second-order valence-electron chi connectivity index (χ2n) is 8.30. The minimum atomic E-state index is 0.225. The first-order valence-corrected chi connectivity index (χ1v) is 10.3. The minimum Gasteiger partial charge on any atom is -0.366 e. The molecule has 6 nitrogen and oxygen atoms in total. The normalized spacial score (nSPS) is 27.0. The van der Waals surface area contributed by atoms with E-state index in [9.17, 15) is 4.79 Å². The van der Waals surface area contributed by atoms with Gasteiger partial charge in [0.1, 0.15) is 11.6 Å². The first-order valence-electron chi connectivity index (χ1n) is 10.3. The lowest BCUT2D eigenvalue weighted by molar-refractivity contribution is -0.122. The second kappa shape index (κ2) is 7.91. The van der Waals surface area contributed by atoms with E-state index in [1.165, 1.54) is 25.7 Å². The molecule has 3 fully saturated rings. The summed E-state index contributed by atoms with van der Waals surface area (Å²) in [5.41, 5.74) is 0. The summed E-state index contributed by atoms with van der Waals surface area (Å²) in [6, 6.07) is 2.81. The summed E-state index contributed by atoms with van der Waals surface area (Å²) in [5.74, 6) is 3.46. The Morgan fingerprint density at radius 2 is 2.04 bits per heavy atom. The smallest absolute Gasteiger partial charge is 0.221 e.